The van der Waals surface area contributed by atoms with Gasteiger partial charge < -0.3 is 29.4 Å². The molecule has 4 aliphatic heterocycles. The Balaban J connectivity index is 0.851. The molecule has 0 saturated carbocycles. The standard InChI is InChI=1S/C132H90B2N6/c1-12-47-91(48-13-1)104-69-34-39-80-117(104)135(100-65-30-10-31-66-100)102-85-124-128-127(86-102)140(132-111(98-61-26-8-27-62-98)76-46-77-112(132)99-63-28-9-29-64-99)123-90-122-115(89-116(123)133(128)113-78-37-42-83-120(113)137(124)118-81-40-35-70-105(118)92-49-14-2-15-50-92)134-114-79-38-43-84-121(114)139(131-109(96-57-22-6-23-58-96)74-45-75-110(131)97-59-24-7-25-60-97)126-88-103(87-125(129(126)134)138(122)119-82-41-36-71-106(119)93-51-16-3-17-52-93)136(101-67-32-11-33-68-101)130-107(94-53-18-4-19-54-94)72-44-73-108(130)95-55-20-5-21-56-95/h1-90H. The van der Waals surface area contributed by atoms with Crippen LogP contribution in [0.1, 0.15) is 0 Å². The van der Waals surface area contributed by atoms with Gasteiger partial charge >= 0.3 is 0 Å². The second-order valence-corrected chi connectivity index (χ2v) is 36.4. The van der Waals surface area contributed by atoms with E-state index in [0.717, 1.165) is 203 Å². The van der Waals surface area contributed by atoms with Crippen LogP contribution in [0.3, 0.4) is 0 Å². The Hall–Kier alpha value is -18.2. The summed E-state index contributed by atoms with van der Waals surface area (Å²) in [6.07, 6.45) is 0. The van der Waals surface area contributed by atoms with Crippen molar-refractivity contribution in [1.29, 1.82) is 0 Å². The highest BCUT2D eigenvalue weighted by Crippen LogP contribution is 2.59. The van der Waals surface area contributed by atoms with Crippen LogP contribution in [0.5, 0.6) is 0 Å². The summed E-state index contributed by atoms with van der Waals surface area (Å²) in [5.41, 5.74) is 45.5. The zero-order valence-electron chi connectivity index (χ0n) is 76.8. The van der Waals surface area contributed by atoms with Crippen LogP contribution in [0.4, 0.5) is 102 Å². The summed E-state index contributed by atoms with van der Waals surface area (Å²) in [6.45, 7) is -0.816. The third-order valence-electron chi connectivity index (χ3n) is 28.6. The Bertz CT molecular complexity index is 8260. The van der Waals surface area contributed by atoms with Crippen molar-refractivity contribution in [3.05, 3.63) is 546 Å². The summed E-state index contributed by atoms with van der Waals surface area (Å²) in [7, 11) is 0. The minimum atomic E-state index is -0.418. The van der Waals surface area contributed by atoms with Gasteiger partial charge in [-0.05, 0) is 168 Å². The molecule has 654 valence electrons. The van der Waals surface area contributed by atoms with Crippen molar-refractivity contribution in [3.63, 3.8) is 0 Å². The van der Waals surface area contributed by atoms with Crippen LogP contribution in [0.25, 0.3) is 100 Å². The summed E-state index contributed by atoms with van der Waals surface area (Å²) in [6, 6.07) is 204. The third-order valence-corrected chi connectivity index (χ3v) is 28.6. The highest BCUT2D eigenvalue weighted by Gasteiger charge is 2.51. The molecule has 0 saturated heterocycles. The van der Waals surface area contributed by atoms with Crippen molar-refractivity contribution >= 4 is 149 Å². The van der Waals surface area contributed by atoms with Gasteiger partial charge in [-0.25, -0.2) is 0 Å². The van der Waals surface area contributed by atoms with Gasteiger partial charge in [0.05, 0.1) is 45.5 Å². The maximum absolute atomic E-state index is 2.74. The molecule has 6 nitrogen and oxygen atoms in total. The topological polar surface area (TPSA) is 19.4 Å². The second kappa shape index (κ2) is 35.2. The molecule has 22 aromatic carbocycles. The van der Waals surface area contributed by atoms with Crippen molar-refractivity contribution in [2.24, 2.45) is 0 Å². The average molecular weight is 1780 g/mol. The number of hydrogen-bond acceptors (Lipinski definition) is 6. The minimum Gasteiger partial charge on any atom is -0.311 e. The third kappa shape index (κ3) is 14.1. The van der Waals surface area contributed by atoms with Crippen LogP contribution in [-0.2, 0) is 0 Å². The molecule has 0 aromatic heterocycles. The van der Waals surface area contributed by atoms with Gasteiger partial charge in [0.25, 0.3) is 13.4 Å². The fourth-order valence-corrected chi connectivity index (χ4v) is 22.7. The van der Waals surface area contributed by atoms with Gasteiger partial charge in [0.2, 0.25) is 0 Å². The zero-order chi connectivity index (χ0) is 92.5. The van der Waals surface area contributed by atoms with E-state index in [0.29, 0.717) is 0 Å². The molecular weight excluding hydrogens is 1690 g/mol. The van der Waals surface area contributed by atoms with Gasteiger partial charge in [0, 0.05) is 107 Å². The molecule has 0 amide bonds. The number of benzene rings is 22. The molecule has 0 bridgehead atoms. The Morgan fingerprint density at radius 3 is 0.764 bits per heavy atom. The van der Waals surface area contributed by atoms with E-state index in [1.165, 1.54) is 32.8 Å². The Labute approximate surface area is 818 Å². The minimum absolute atomic E-state index is 0.398. The van der Waals surface area contributed by atoms with E-state index >= 15 is 0 Å². The molecular formula is C132H90B2N6. The molecule has 4 heterocycles. The maximum atomic E-state index is 2.74. The molecule has 0 N–H and O–H groups in total. The van der Waals surface area contributed by atoms with Crippen molar-refractivity contribution in [2.45, 2.75) is 0 Å². The summed E-state index contributed by atoms with van der Waals surface area (Å²) in [4.78, 5) is 15.9. The predicted octanol–water partition coefficient (Wildman–Crippen LogP) is 31.8. The zero-order valence-corrected chi connectivity index (χ0v) is 76.8. The van der Waals surface area contributed by atoms with Crippen LogP contribution in [-0.4, -0.2) is 13.4 Å². The SMILES string of the molecule is c1ccc(-c2ccccc2N(c2ccccc2)c2cc3c4c(c2)N(c2c(-c5ccccc5)cccc2-c2ccccc2)c2cc5c(cc2B4c2ccccc2N3c2ccccc2-c2ccccc2)B2c3ccccc3N(c3c(-c4ccccc4)cccc3-c3ccccc3)c3cc(N(c4ccccc4)c4c(-c6ccccc6)cccc4-c4ccccc4)cc(c32)N5c2ccccc2-c2ccccc2)cc1. The Morgan fingerprint density at radius 2 is 0.386 bits per heavy atom. The maximum Gasteiger partial charge on any atom is 0.252 e. The number of anilines is 18. The molecule has 0 atom stereocenters. The van der Waals surface area contributed by atoms with Crippen molar-refractivity contribution < 1.29 is 0 Å². The smallest absolute Gasteiger partial charge is 0.252 e. The first-order valence-corrected chi connectivity index (χ1v) is 48.4. The largest absolute Gasteiger partial charge is 0.311 e. The first kappa shape index (κ1) is 82.4. The van der Waals surface area contributed by atoms with E-state index in [9.17, 15) is 0 Å². The number of rotatable bonds is 19. The molecule has 140 heavy (non-hydrogen) atoms. The van der Waals surface area contributed by atoms with E-state index in [1.807, 2.05) is 0 Å². The van der Waals surface area contributed by atoms with Gasteiger partial charge in [0.1, 0.15) is 0 Å². The average Bonchev–Trinajstić information content (AvgIpc) is 0.673. The molecule has 4 aliphatic rings. The van der Waals surface area contributed by atoms with Crippen molar-refractivity contribution in [2.75, 3.05) is 29.4 Å². The number of fused-ring (bicyclic) bond motifs is 8. The summed E-state index contributed by atoms with van der Waals surface area (Å²) in [5.74, 6) is 0. The predicted molar refractivity (Wildman–Crippen MR) is 593 cm³/mol. The van der Waals surface area contributed by atoms with E-state index in [4.69, 9.17) is 0 Å². The lowest BCUT2D eigenvalue weighted by Gasteiger charge is -2.48. The number of para-hydroxylation sites is 10. The van der Waals surface area contributed by atoms with Crippen LogP contribution < -0.4 is 62.2 Å². The number of hydrogen-bond donors (Lipinski definition) is 0. The monoisotopic (exact) mass is 1780 g/mol. The Kier molecular flexibility index (Phi) is 20.7. The van der Waals surface area contributed by atoms with Crippen LogP contribution in [0, 0.1) is 0 Å². The lowest BCUT2D eigenvalue weighted by Crippen LogP contribution is -2.65. The van der Waals surface area contributed by atoms with Crippen molar-refractivity contribution in [3.8, 4) is 100 Å². The second-order valence-electron chi connectivity index (χ2n) is 36.4. The van der Waals surface area contributed by atoms with Crippen molar-refractivity contribution in [1.82, 2.24) is 0 Å². The van der Waals surface area contributed by atoms with Crippen LogP contribution in [0.2, 0.25) is 0 Å². The highest BCUT2D eigenvalue weighted by atomic mass is 15.2. The van der Waals surface area contributed by atoms with Gasteiger partial charge in [-0.2, -0.15) is 0 Å². The summed E-state index contributed by atoms with van der Waals surface area (Å²) in [5, 5.41) is 0. The first-order valence-electron chi connectivity index (χ1n) is 48.4. The van der Waals surface area contributed by atoms with Gasteiger partial charge in [-0.15, -0.1) is 0 Å². The lowest BCUT2D eigenvalue weighted by molar-refractivity contribution is 1.21. The fraction of sp³-hybridized carbons (Fsp3) is 0. The molecule has 0 radical (unpaired) electrons. The quantitative estimate of drug-likeness (QED) is 0.0746. The Morgan fingerprint density at radius 1 is 0.143 bits per heavy atom. The first-order chi connectivity index (χ1) is 69.6. The van der Waals surface area contributed by atoms with Gasteiger partial charge in [-0.1, -0.05) is 461 Å². The molecule has 0 unspecified atom stereocenters. The van der Waals surface area contributed by atoms with E-state index in [2.05, 4.69) is 575 Å². The molecule has 8 heteroatoms. The highest BCUT2D eigenvalue weighted by molar-refractivity contribution is 7.03. The molecule has 22 aromatic rings. The summed E-state index contributed by atoms with van der Waals surface area (Å²) >= 11 is 0. The normalized spacial score (nSPS) is 12.3. The van der Waals surface area contributed by atoms with E-state index in [1.54, 1.807) is 0 Å². The van der Waals surface area contributed by atoms with E-state index < -0.39 is 13.4 Å². The van der Waals surface area contributed by atoms with Crippen LogP contribution >= 0.6 is 0 Å². The van der Waals surface area contributed by atoms with Gasteiger partial charge in [-0.3, -0.25) is 0 Å². The lowest BCUT2D eigenvalue weighted by atomic mass is 9.30. The molecule has 26 rings (SSSR count). The molecule has 0 spiro atoms. The van der Waals surface area contributed by atoms with E-state index in [-0.39, 0.29) is 0 Å². The molecule has 0 aliphatic carbocycles. The van der Waals surface area contributed by atoms with Gasteiger partial charge in [0.15, 0.2) is 0 Å². The number of nitrogens with zero attached hydrogens (tertiary/aromatic N) is 6. The van der Waals surface area contributed by atoms with Crippen LogP contribution in [0.15, 0.2) is 546 Å². The fourth-order valence-electron chi connectivity index (χ4n) is 22.7. The molecule has 0 fully saturated rings. The summed E-state index contributed by atoms with van der Waals surface area (Å²) < 4.78 is 0.